The quantitative estimate of drug-likeness (QED) is 0.880. The molecule has 0 spiro atoms. The summed E-state index contributed by atoms with van der Waals surface area (Å²) in [6, 6.07) is 7.45. The van der Waals surface area contributed by atoms with Gasteiger partial charge in [0.1, 0.15) is 0 Å². The molecule has 2 saturated heterocycles. The van der Waals surface area contributed by atoms with E-state index in [-0.39, 0.29) is 36.7 Å². The van der Waals surface area contributed by atoms with E-state index < -0.39 is 0 Å². The Labute approximate surface area is 139 Å². The molecule has 0 bridgehead atoms. The van der Waals surface area contributed by atoms with Gasteiger partial charge in [-0.3, -0.25) is 14.4 Å². The molecule has 0 aromatic heterocycles. The van der Waals surface area contributed by atoms with Crippen molar-refractivity contribution in [1.29, 1.82) is 0 Å². The second kappa shape index (κ2) is 6.58. The monoisotopic (exact) mass is 335 g/mol. The van der Waals surface area contributed by atoms with Crippen LogP contribution < -0.4 is 5.32 Å². The fourth-order valence-corrected chi connectivity index (χ4v) is 3.12. The zero-order valence-corrected chi connectivity index (χ0v) is 13.4. The number of hydrogen-bond donors (Lipinski definition) is 1. The highest BCUT2D eigenvalue weighted by Gasteiger charge is 2.33. The highest BCUT2D eigenvalue weighted by Crippen LogP contribution is 2.28. The van der Waals surface area contributed by atoms with Crippen LogP contribution in [-0.2, 0) is 14.4 Å². The second-order valence-corrected chi connectivity index (χ2v) is 6.33. The second-order valence-electron chi connectivity index (χ2n) is 5.89. The molecule has 3 rings (SSSR count). The molecule has 6 nitrogen and oxygen atoms in total. The molecule has 1 aromatic rings. The van der Waals surface area contributed by atoms with E-state index in [9.17, 15) is 14.4 Å². The third-order valence-electron chi connectivity index (χ3n) is 4.27. The van der Waals surface area contributed by atoms with Crippen LogP contribution in [0, 0.1) is 0 Å². The fraction of sp³-hybridized carbons (Fsp3) is 0.438. The number of amides is 3. The van der Waals surface area contributed by atoms with E-state index in [1.165, 1.54) is 4.90 Å². The van der Waals surface area contributed by atoms with E-state index in [1.54, 1.807) is 4.90 Å². The predicted octanol–water partition coefficient (Wildman–Crippen LogP) is 0.614. The zero-order chi connectivity index (χ0) is 16.4. The minimum atomic E-state index is -0.176. The third kappa shape index (κ3) is 3.64. The van der Waals surface area contributed by atoms with Crippen LogP contribution in [0.5, 0.6) is 0 Å². The summed E-state index contributed by atoms with van der Waals surface area (Å²) < 4.78 is 0. The van der Waals surface area contributed by atoms with Crippen LogP contribution >= 0.6 is 11.6 Å². The van der Waals surface area contributed by atoms with Crippen molar-refractivity contribution in [3.63, 3.8) is 0 Å². The molecule has 122 valence electrons. The third-order valence-corrected chi connectivity index (χ3v) is 4.53. The maximum absolute atomic E-state index is 12.3. The van der Waals surface area contributed by atoms with Crippen LogP contribution in [0.3, 0.4) is 0 Å². The molecular formula is C16H18ClN3O3. The van der Waals surface area contributed by atoms with E-state index in [1.807, 2.05) is 24.3 Å². The van der Waals surface area contributed by atoms with E-state index >= 15 is 0 Å². The Balaban J connectivity index is 1.60. The van der Waals surface area contributed by atoms with Crippen molar-refractivity contribution in [1.82, 2.24) is 15.1 Å². The molecule has 2 aliphatic heterocycles. The van der Waals surface area contributed by atoms with Gasteiger partial charge < -0.3 is 15.1 Å². The van der Waals surface area contributed by atoms with Gasteiger partial charge in [0.2, 0.25) is 17.7 Å². The van der Waals surface area contributed by atoms with E-state index in [0.29, 0.717) is 31.1 Å². The van der Waals surface area contributed by atoms with Gasteiger partial charge in [-0.15, -0.1) is 0 Å². The van der Waals surface area contributed by atoms with E-state index in [2.05, 4.69) is 5.32 Å². The van der Waals surface area contributed by atoms with Crippen LogP contribution in [0.4, 0.5) is 0 Å². The average Bonchev–Trinajstić information content (AvgIpc) is 2.89. The molecule has 23 heavy (non-hydrogen) atoms. The van der Waals surface area contributed by atoms with E-state index in [0.717, 1.165) is 5.56 Å². The summed E-state index contributed by atoms with van der Waals surface area (Å²) in [5, 5.41) is 3.34. The van der Waals surface area contributed by atoms with Crippen molar-refractivity contribution in [3.05, 3.63) is 34.9 Å². The maximum Gasteiger partial charge on any atom is 0.242 e. The number of likely N-dealkylation sites (tertiary alicyclic amines) is 1. The molecule has 1 atom stereocenters. The van der Waals surface area contributed by atoms with Gasteiger partial charge in [-0.2, -0.15) is 0 Å². The number of rotatable bonds is 3. The Morgan fingerprint density at radius 1 is 1.26 bits per heavy atom. The first-order valence-corrected chi connectivity index (χ1v) is 7.98. The highest BCUT2D eigenvalue weighted by molar-refractivity contribution is 6.30. The Morgan fingerprint density at radius 2 is 2.00 bits per heavy atom. The van der Waals surface area contributed by atoms with Gasteiger partial charge in [-0.05, 0) is 17.7 Å². The van der Waals surface area contributed by atoms with Gasteiger partial charge in [0, 0.05) is 37.0 Å². The molecule has 2 heterocycles. The Kier molecular flexibility index (Phi) is 4.52. The van der Waals surface area contributed by atoms with Crippen LogP contribution in [0.15, 0.2) is 24.3 Å². The first-order chi connectivity index (χ1) is 11.0. The van der Waals surface area contributed by atoms with Gasteiger partial charge in [-0.25, -0.2) is 0 Å². The molecule has 3 amide bonds. The van der Waals surface area contributed by atoms with E-state index in [4.69, 9.17) is 11.6 Å². The first kappa shape index (κ1) is 15.8. The summed E-state index contributed by atoms with van der Waals surface area (Å²) in [7, 11) is 0. The average molecular weight is 336 g/mol. The Hall–Kier alpha value is -2.08. The van der Waals surface area contributed by atoms with Crippen molar-refractivity contribution in [2.45, 2.75) is 12.3 Å². The van der Waals surface area contributed by atoms with Crippen LogP contribution in [0.25, 0.3) is 0 Å². The minimum Gasteiger partial charge on any atom is -0.353 e. The van der Waals surface area contributed by atoms with Gasteiger partial charge >= 0.3 is 0 Å². The fourth-order valence-electron chi connectivity index (χ4n) is 3.00. The van der Waals surface area contributed by atoms with Gasteiger partial charge in [0.15, 0.2) is 0 Å². The topological polar surface area (TPSA) is 69.7 Å². The first-order valence-electron chi connectivity index (χ1n) is 7.60. The summed E-state index contributed by atoms with van der Waals surface area (Å²) in [6.07, 6.45) is 0.398. The summed E-state index contributed by atoms with van der Waals surface area (Å²) in [4.78, 5) is 38.9. The number of carbonyl (C=O) groups is 3. The molecule has 2 fully saturated rings. The SMILES string of the molecule is O=C1CN(C(=O)CN2C[C@H](c3ccc(Cl)cc3)CC2=O)CCN1. The maximum atomic E-state index is 12.3. The highest BCUT2D eigenvalue weighted by atomic mass is 35.5. The van der Waals surface area contributed by atoms with Crippen molar-refractivity contribution >= 4 is 29.3 Å². The number of nitrogens with one attached hydrogen (secondary N) is 1. The molecule has 1 aromatic carbocycles. The Bertz CT molecular complexity index is 632. The van der Waals surface area contributed by atoms with Crippen molar-refractivity contribution in [3.8, 4) is 0 Å². The molecule has 0 saturated carbocycles. The molecule has 2 aliphatic rings. The lowest BCUT2D eigenvalue weighted by atomic mass is 9.98. The zero-order valence-electron chi connectivity index (χ0n) is 12.6. The number of carbonyl (C=O) groups excluding carboxylic acids is 3. The number of nitrogens with zero attached hydrogens (tertiary/aromatic N) is 2. The minimum absolute atomic E-state index is 0.0280. The van der Waals surface area contributed by atoms with Crippen molar-refractivity contribution in [2.75, 3.05) is 32.7 Å². The summed E-state index contributed by atoms with van der Waals surface area (Å²) in [6.45, 7) is 1.59. The van der Waals surface area contributed by atoms with Crippen LogP contribution in [0.2, 0.25) is 5.02 Å². The molecule has 7 heteroatoms. The molecule has 1 N–H and O–H groups in total. The lowest BCUT2D eigenvalue weighted by Gasteiger charge is -2.28. The Morgan fingerprint density at radius 3 is 2.70 bits per heavy atom. The van der Waals surface area contributed by atoms with Crippen molar-refractivity contribution < 1.29 is 14.4 Å². The number of halogens is 1. The van der Waals surface area contributed by atoms with Gasteiger partial charge in [-0.1, -0.05) is 23.7 Å². The van der Waals surface area contributed by atoms with Gasteiger partial charge in [0.05, 0.1) is 13.1 Å². The lowest BCUT2D eigenvalue weighted by Crippen LogP contribution is -2.52. The molecular weight excluding hydrogens is 318 g/mol. The van der Waals surface area contributed by atoms with Gasteiger partial charge in [0.25, 0.3) is 0 Å². The van der Waals surface area contributed by atoms with Crippen LogP contribution in [0.1, 0.15) is 17.9 Å². The smallest absolute Gasteiger partial charge is 0.242 e. The normalized spacial score (nSPS) is 21.5. The number of hydrogen-bond acceptors (Lipinski definition) is 3. The summed E-state index contributed by atoms with van der Waals surface area (Å²) >= 11 is 5.88. The van der Waals surface area contributed by atoms with Crippen LogP contribution in [-0.4, -0.2) is 60.2 Å². The standard InChI is InChI=1S/C16H18ClN3O3/c17-13-3-1-11(2-4-13)12-7-15(22)20(8-12)10-16(23)19-6-5-18-14(21)9-19/h1-4,12H,5-10H2,(H,18,21)/t12-/m1/s1. The number of benzene rings is 1. The molecule has 0 unspecified atom stereocenters. The molecule has 0 radical (unpaired) electrons. The van der Waals surface area contributed by atoms with Crippen molar-refractivity contribution in [2.24, 2.45) is 0 Å². The largest absolute Gasteiger partial charge is 0.353 e. The predicted molar refractivity (Wildman–Crippen MR) is 85.0 cm³/mol. The number of piperazine rings is 1. The molecule has 0 aliphatic carbocycles. The lowest BCUT2D eigenvalue weighted by molar-refractivity contribution is -0.141. The summed E-state index contributed by atoms with van der Waals surface area (Å²) in [5.74, 6) is -0.279. The summed E-state index contributed by atoms with van der Waals surface area (Å²) in [5.41, 5.74) is 1.05.